The highest BCUT2D eigenvalue weighted by molar-refractivity contribution is 5.95. The first-order chi connectivity index (χ1) is 8.97. The van der Waals surface area contributed by atoms with Gasteiger partial charge in [0.25, 0.3) is 0 Å². The van der Waals surface area contributed by atoms with Crippen molar-refractivity contribution in [3.63, 3.8) is 0 Å². The Morgan fingerprint density at radius 2 is 2.26 bits per heavy atom. The number of rotatable bonds is 4. The molecule has 5 nitrogen and oxygen atoms in total. The van der Waals surface area contributed by atoms with E-state index in [0.717, 1.165) is 12.8 Å². The Balaban J connectivity index is 2.14. The van der Waals surface area contributed by atoms with E-state index >= 15 is 0 Å². The van der Waals surface area contributed by atoms with E-state index in [2.05, 4.69) is 6.92 Å². The number of ether oxygens (including phenoxy) is 1. The van der Waals surface area contributed by atoms with Gasteiger partial charge in [0.2, 0.25) is 0 Å². The molecule has 104 valence electrons. The summed E-state index contributed by atoms with van der Waals surface area (Å²) in [5, 5.41) is 9.23. The second-order valence-electron chi connectivity index (χ2n) is 5.11. The summed E-state index contributed by atoms with van der Waals surface area (Å²) in [5.74, 6) is -0.963. The van der Waals surface area contributed by atoms with Crippen molar-refractivity contribution in [2.45, 2.75) is 32.0 Å². The van der Waals surface area contributed by atoms with Crippen LogP contribution < -0.4 is 10.6 Å². The van der Waals surface area contributed by atoms with E-state index in [-0.39, 0.29) is 11.7 Å². The molecule has 0 saturated carbocycles. The molecule has 1 aromatic carbocycles. The van der Waals surface area contributed by atoms with E-state index in [9.17, 15) is 9.90 Å². The molecular formula is C14H20N2O3. The molecule has 0 spiro atoms. The fraction of sp³-hybridized carbons (Fsp3) is 0.500. The van der Waals surface area contributed by atoms with E-state index in [1.54, 1.807) is 12.1 Å². The van der Waals surface area contributed by atoms with Gasteiger partial charge in [-0.1, -0.05) is 0 Å². The van der Waals surface area contributed by atoms with Crippen molar-refractivity contribution in [1.82, 2.24) is 0 Å². The first-order valence-corrected chi connectivity index (χ1v) is 6.46. The molecule has 1 heterocycles. The van der Waals surface area contributed by atoms with Gasteiger partial charge in [-0.3, -0.25) is 0 Å². The minimum Gasteiger partial charge on any atom is -0.478 e. The standard InChI is InChI=1S/C14H20N2O3/c1-9-3-5-11(19-9)8-16(2)13-6-4-10(15)7-12(13)14(17)18/h4,6-7,9,11H,3,5,8,15H2,1-2H3,(H,17,18). The minimum absolute atomic E-state index is 0.166. The number of nitrogen functional groups attached to an aromatic ring is 1. The van der Waals surface area contributed by atoms with Gasteiger partial charge >= 0.3 is 5.97 Å². The average Bonchev–Trinajstić information content (AvgIpc) is 2.74. The second-order valence-corrected chi connectivity index (χ2v) is 5.11. The lowest BCUT2D eigenvalue weighted by Gasteiger charge is -2.24. The molecule has 0 aromatic heterocycles. The van der Waals surface area contributed by atoms with Crippen LogP contribution in [-0.4, -0.2) is 36.9 Å². The summed E-state index contributed by atoms with van der Waals surface area (Å²) >= 11 is 0. The molecule has 0 aliphatic carbocycles. The molecule has 0 radical (unpaired) electrons. The Morgan fingerprint density at radius 3 is 2.84 bits per heavy atom. The number of benzene rings is 1. The molecular weight excluding hydrogens is 244 g/mol. The number of carboxylic acid groups (broad SMARTS) is 1. The zero-order chi connectivity index (χ0) is 14.0. The van der Waals surface area contributed by atoms with Gasteiger partial charge in [0.1, 0.15) is 0 Å². The van der Waals surface area contributed by atoms with E-state index in [0.29, 0.717) is 24.0 Å². The summed E-state index contributed by atoms with van der Waals surface area (Å²) in [5.41, 5.74) is 7.00. The smallest absolute Gasteiger partial charge is 0.337 e. The zero-order valence-corrected chi connectivity index (χ0v) is 11.3. The number of carbonyl (C=O) groups is 1. The molecule has 2 rings (SSSR count). The summed E-state index contributed by atoms with van der Waals surface area (Å²) < 4.78 is 5.76. The van der Waals surface area contributed by atoms with Gasteiger partial charge in [0.15, 0.2) is 0 Å². The van der Waals surface area contributed by atoms with Gasteiger partial charge in [-0.2, -0.15) is 0 Å². The Labute approximate surface area is 113 Å². The predicted octanol–water partition coefficient (Wildman–Crippen LogP) is 1.97. The average molecular weight is 264 g/mol. The van der Waals surface area contributed by atoms with Gasteiger partial charge in [-0.05, 0) is 38.0 Å². The van der Waals surface area contributed by atoms with Crippen molar-refractivity contribution in [2.24, 2.45) is 0 Å². The third-order valence-corrected chi connectivity index (χ3v) is 3.46. The van der Waals surface area contributed by atoms with Crippen LogP contribution in [0.2, 0.25) is 0 Å². The highest BCUT2D eigenvalue weighted by Crippen LogP contribution is 2.25. The molecule has 2 unspecified atom stereocenters. The topological polar surface area (TPSA) is 75.8 Å². The number of anilines is 2. The second kappa shape index (κ2) is 5.48. The molecule has 1 aliphatic rings. The Morgan fingerprint density at radius 1 is 1.53 bits per heavy atom. The molecule has 1 saturated heterocycles. The molecule has 3 N–H and O–H groups in total. The number of aromatic carboxylic acids is 1. The van der Waals surface area contributed by atoms with Crippen LogP contribution in [0.4, 0.5) is 11.4 Å². The predicted molar refractivity (Wildman–Crippen MR) is 74.7 cm³/mol. The van der Waals surface area contributed by atoms with Crippen LogP contribution in [0.25, 0.3) is 0 Å². The van der Waals surface area contributed by atoms with Crippen molar-refractivity contribution in [3.05, 3.63) is 23.8 Å². The Kier molecular flexibility index (Phi) is 3.95. The molecule has 1 fully saturated rings. The minimum atomic E-state index is -0.963. The van der Waals surface area contributed by atoms with E-state index in [1.807, 2.05) is 11.9 Å². The molecule has 2 atom stereocenters. The number of hydrogen-bond acceptors (Lipinski definition) is 4. The monoisotopic (exact) mass is 264 g/mol. The van der Waals surface area contributed by atoms with Crippen molar-refractivity contribution in [3.8, 4) is 0 Å². The first-order valence-electron chi connectivity index (χ1n) is 6.46. The third-order valence-electron chi connectivity index (χ3n) is 3.46. The van der Waals surface area contributed by atoms with Crippen LogP contribution in [0, 0.1) is 0 Å². The van der Waals surface area contributed by atoms with Crippen LogP contribution in [0.15, 0.2) is 18.2 Å². The van der Waals surface area contributed by atoms with Crippen molar-refractivity contribution in [2.75, 3.05) is 24.2 Å². The largest absolute Gasteiger partial charge is 0.478 e. The van der Waals surface area contributed by atoms with E-state index in [4.69, 9.17) is 10.5 Å². The number of hydrogen-bond donors (Lipinski definition) is 2. The first kappa shape index (κ1) is 13.7. The molecule has 1 aliphatic heterocycles. The lowest BCUT2D eigenvalue weighted by molar-refractivity contribution is 0.0603. The summed E-state index contributed by atoms with van der Waals surface area (Å²) in [6.45, 7) is 2.75. The maximum atomic E-state index is 11.3. The maximum Gasteiger partial charge on any atom is 0.337 e. The lowest BCUT2D eigenvalue weighted by Crippen LogP contribution is -2.30. The molecule has 19 heavy (non-hydrogen) atoms. The van der Waals surface area contributed by atoms with Crippen molar-refractivity contribution < 1.29 is 14.6 Å². The van der Waals surface area contributed by atoms with Gasteiger partial charge < -0.3 is 20.5 Å². The van der Waals surface area contributed by atoms with Gasteiger partial charge in [0.05, 0.1) is 23.5 Å². The Hall–Kier alpha value is -1.75. The van der Waals surface area contributed by atoms with Crippen LogP contribution >= 0.6 is 0 Å². The van der Waals surface area contributed by atoms with Gasteiger partial charge in [0, 0.05) is 19.3 Å². The number of likely N-dealkylation sites (N-methyl/N-ethyl adjacent to an activating group) is 1. The quantitative estimate of drug-likeness (QED) is 0.813. The highest BCUT2D eigenvalue weighted by Gasteiger charge is 2.24. The van der Waals surface area contributed by atoms with Crippen LogP contribution in [-0.2, 0) is 4.74 Å². The van der Waals surface area contributed by atoms with Crippen LogP contribution in [0.3, 0.4) is 0 Å². The summed E-state index contributed by atoms with van der Waals surface area (Å²) in [4.78, 5) is 13.2. The SMILES string of the molecule is CC1CCC(CN(C)c2ccc(N)cc2C(=O)O)O1. The van der Waals surface area contributed by atoms with E-state index in [1.165, 1.54) is 6.07 Å². The zero-order valence-electron chi connectivity index (χ0n) is 11.3. The van der Waals surface area contributed by atoms with Crippen LogP contribution in [0.5, 0.6) is 0 Å². The van der Waals surface area contributed by atoms with Crippen molar-refractivity contribution in [1.29, 1.82) is 0 Å². The fourth-order valence-corrected chi connectivity index (χ4v) is 2.48. The number of nitrogens with zero attached hydrogens (tertiary/aromatic N) is 1. The molecule has 1 aromatic rings. The number of nitrogens with two attached hydrogens (primary N) is 1. The third kappa shape index (κ3) is 3.17. The van der Waals surface area contributed by atoms with Crippen LogP contribution in [0.1, 0.15) is 30.1 Å². The highest BCUT2D eigenvalue weighted by atomic mass is 16.5. The summed E-state index contributed by atoms with van der Waals surface area (Å²) in [7, 11) is 1.88. The summed E-state index contributed by atoms with van der Waals surface area (Å²) in [6.07, 6.45) is 2.54. The molecule has 0 bridgehead atoms. The van der Waals surface area contributed by atoms with Gasteiger partial charge in [-0.15, -0.1) is 0 Å². The van der Waals surface area contributed by atoms with E-state index < -0.39 is 5.97 Å². The maximum absolute atomic E-state index is 11.3. The molecule has 0 amide bonds. The number of carboxylic acids is 1. The van der Waals surface area contributed by atoms with Crippen molar-refractivity contribution >= 4 is 17.3 Å². The summed E-state index contributed by atoms with van der Waals surface area (Å²) in [6, 6.07) is 4.96. The normalized spacial score (nSPS) is 22.4. The lowest BCUT2D eigenvalue weighted by atomic mass is 10.1. The molecule has 5 heteroatoms. The Bertz CT molecular complexity index is 476. The van der Waals surface area contributed by atoms with Gasteiger partial charge in [-0.25, -0.2) is 4.79 Å². The fourth-order valence-electron chi connectivity index (χ4n) is 2.48.